The van der Waals surface area contributed by atoms with Crippen molar-refractivity contribution < 1.29 is 9.90 Å². The summed E-state index contributed by atoms with van der Waals surface area (Å²) >= 11 is 0. The van der Waals surface area contributed by atoms with Gasteiger partial charge >= 0.3 is 0 Å². The third-order valence-corrected chi connectivity index (χ3v) is 1.96. The third-order valence-electron chi connectivity index (χ3n) is 1.96. The molecule has 0 aliphatic carbocycles. The maximum Gasteiger partial charge on any atom is 0.176 e. The van der Waals surface area contributed by atoms with Crippen molar-refractivity contribution in [2.75, 3.05) is 0 Å². The highest BCUT2D eigenvalue weighted by atomic mass is 16.3. The second kappa shape index (κ2) is 4.92. The Morgan fingerprint density at radius 1 is 1.45 bits per heavy atom. The van der Waals surface area contributed by atoms with Gasteiger partial charge in [-0.15, -0.1) is 0 Å². The molecule has 62 valence electrons. The van der Waals surface area contributed by atoms with E-state index in [0.29, 0.717) is 19.3 Å². The first-order valence-electron chi connectivity index (χ1n) is 3.85. The van der Waals surface area contributed by atoms with Crippen LogP contribution in [-0.2, 0) is 4.79 Å². The lowest BCUT2D eigenvalue weighted by Gasteiger charge is -2.22. The first-order chi connectivity index (χ1) is 5.18. The van der Waals surface area contributed by atoms with E-state index in [2.05, 4.69) is 5.73 Å². The molecule has 0 bridgehead atoms. The molecule has 1 N–H and O–H groups in total. The maximum absolute atomic E-state index is 9.72. The lowest BCUT2D eigenvalue weighted by Crippen LogP contribution is -2.25. The summed E-state index contributed by atoms with van der Waals surface area (Å²) in [6.45, 7) is 3.84. The quantitative estimate of drug-likeness (QED) is 0.492. The fourth-order valence-corrected chi connectivity index (χ4v) is 0.821. The zero-order valence-corrected chi connectivity index (χ0v) is 7.05. The van der Waals surface area contributed by atoms with Crippen LogP contribution >= 0.6 is 0 Å². The van der Waals surface area contributed by atoms with Gasteiger partial charge in [0.15, 0.2) is 5.94 Å². The van der Waals surface area contributed by atoms with Gasteiger partial charge in [0.2, 0.25) is 0 Å². The van der Waals surface area contributed by atoms with Gasteiger partial charge in [-0.05, 0) is 24.6 Å². The van der Waals surface area contributed by atoms with Crippen LogP contribution in [0.15, 0.2) is 11.8 Å². The molecule has 11 heavy (non-hydrogen) atoms. The average molecular weight is 154 g/mol. The molecule has 0 aliphatic heterocycles. The largest absolute Gasteiger partial charge is 0.390 e. The van der Waals surface area contributed by atoms with Gasteiger partial charge in [0.1, 0.15) is 0 Å². The van der Waals surface area contributed by atoms with Crippen LogP contribution in [0.4, 0.5) is 0 Å². The van der Waals surface area contributed by atoms with Crippen LogP contribution in [0.25, 0.3) is 0 Å². The smallest absolute Gasteiger partial charge is 0.176 e. The Hall–Kier alpha value is -0.810. The number of hydrogen-bond acceptors (Lipinski definition) is 2. The molecule has 2 heteroatoms. The van der Waals surface area contributed by atoms with Crippen LogP contribution in [0, 0.1) is 0 Å². The second-order valence-electron chi connectivity index (χ2n) is 2.59. The molecule has 0 heterocycles. The molecule has 0 amide bonds. The van der Waals surface area contributed by atoms with E-state index in [-0.39, 0.29) is 0 Å². The van der Waals surface area contributed by atoms with Crippen LogP contribution in [0.5, 0.6) is 0 Å². The van der Waals surface area contributed by atoms with E-state index in [1.807, 2.05) is 13.8 Å². The van der Waals surface area contributed by atoms with Crippen LogP contribution in [0.2, 0.25) is 0 Å². The van der Waals surface area contributed by atoms with E-state index >= 15 is 0 Å². The minimum absolute atomic E-state index is 0.481. The van der Waals surface area contributed by atoms with Crippen molar-refractivity contribution in [3.63, 3.8) is 0 Å². The summed E-state index contributed by atoms with van der Waals surface area (Å²) in [5.41, 5.74) is 1.62. The van der Waals surface area contributed by atoms with Crippen molar-refractivity contribution in [3.8, 4) is 0 Å². The van der Waals surface area contributed by atoms with Gasteiger partial charge in [-0.2, -0.15) is 0 Å². The Labute approximate surface area is 67.2 Å². The molecule has 0 aromatic carbocycles. The third kappa shape index (κ3) is 3.79. The molecular weight excluding hydrogens is 140 g/mol. The zero-order chi connectivity index (χ0) is 8.74. The van der Waals surface area contributed by atoms with E-state index in [4.69, 9.17) is 0 Å². The summed E-state index contributed by atoms with van der Waals surface area (Å²) in [6, 6.07) is 0. The molecule has 0 fully saturated rings. The maximum atomic E-state index is 9.72. The summed E-state index contributed by atoms with van der Waals surface area (Å²) in [4.78, 5) is 9.72. The molecule has 0 aliphatic rings. The van der Waals surface area contributed by atoms with Crippen LogP contribution in [0.3, 0.4) is 0 Å². The monoisotopic (exact) mass is 154 g/mol. The molecular formula is C9H14O2. The number of carbonyl (C=O) groups excluding carboxylic acids is 1. The molecule has 2 nitrogen and oxygen atoms in total. The standard InChI is InChI=1S/C9H14O2/c1-3-9(11,4-2)7-5-6-8-10/h5,11H,3-4,7H2,1-2H3. The van der Waals surface area contributed by atoms with Gasteiger partial charge in [0, 0.05) is 6.42 Å². The minimum atomic E-state index is -0.663. The number of aliphatic hydroxyl groups is 1. The normalized spacial score (nSPS) is 10.1. The van der Waals surface area contributed by atoms with E-state index in [9.17, 15) is 9.90 Å². The first-order valence-corrected chi connectivity index (χ1v) is 3.85. The van der Waals surface area contributed by atoms with Gasteiger partial charge in [-0.1, -0.05) is 13.8 Å². The Morgan fingerprint density at radius 2 is 2.00 bits per heavy atom. The van der Waals surface area contributed by atoms with Crippen molar-refractivity contribution in [3.05, 3.63) is 11.8 Å². The summed E-state index contributed by atoms with van der Waals surface area (Å²) in [6.07, 6.45) is 3.40. The minimum Gasteiger partial charge on any atom is -0.390 e. The van der Waals surface area contributed by atoms with Gasteiger partial charge < -0.3 is 5.11 Å². The highest BCUT2D eigenvalue weighted by Crippen LogP contribution is 2.18. The Morgan fingerprint density at radius 3 is 2.36 bits per heavy atom. The number of hydrogen-bond donors (Lipinski definition) is 1. The van der Waals surface area contributed by atoms with E-state index in [1.165, 1.54) is 12.0 Å². The van der Waals surface area contributed by atoms with Crippen molar-refractivity contribution in [1.82, 2.24) is 0 Å². The molecule has 0 saturated carbocycles. The molecule has 0 aromatic heterocycles. The summed E-state index contributed by atoms with van der Waals surface area (Å²) in [5, 5.41) is 9.65. The predicted molar refractivity (Wildman–Crippen MR) is 43.9 cm³/mol. The molecule has 0 radical (unpaired) electrons. The van der Waals surface area contributed by atoms with Gasteiger partial charge in [-0.3, -0.25) is 0 Å². The van der Waals surface area contributed by atoms with Crippen LogP contribution in [0.1, 0.15) is 33.1 Å². The first kappa shape index (κ1) is 10.2. The summed E-state index contributed by atoms with van der Waals surface area (Å²) in [5.74, 6) is 1.52. The highest BCUT2D eigenvalue weighted by molar-refractivity contribution is 5.43. The fourth-order valence-electron chi connectivity index (χ4n) is 0.821. The van der Waals surface area contributed by atoms with E-state index in [0.717, 1.165) is 0 Å². The predicted octanol–water partition coefficient (Wildman–Crippen LogP) is 1.47. The van der Waals surface area contributed by atoms with Gasteiger partial charge in [0.25, 0.3) is 0 Å². The summed E-state index contributed by atoms with van der Waals surface area (Å²) in [7, 11) is 0. The lowest BCUT2D eigenvalue weighted by atomic mass is 9.94. The van der Waals surface area contributed by atoms with Crippen molar-refractivity contribution >= 4 is 5.94 Å². The van der Waals surface area contributed by atoms with E-state index in [1.54, 1.807) is 0 Å². The molecule has 0 unspecified atom stereocenters. The molecule has 0 spiro atoms. The SMILES string of the molecule is CCC(O)(CC)CC=C=C=O. The molecule has 0 saturated heterocycles. The molecule has 0 atom stereocenters. The Kier molecular flexibility index (Phi) is 4.56. The Bertz CT molecular complexity index is 180. The van der Waals surface area contributed by atoms with Crippen LogP contribution in [-0.4, -0.2) is 16.6 Å². The van der Waals surface area contributed by atoms with Gasteiger partial charge in [-0.25, -0.2) is 4.79 Å². The fraction of sp³-hybridized carbons (Fsp3) is 0.667. The highest BCUT2D eigenvalue weighted by Gasteiger charge is 2.19. The lowest BCUT2D eigenvalue weighted by molar-refractivity contribution is 0.0354. The van der Waals surface area contributed by atoms with E-state index < -0.39 is 5.60 Å². The van der Waals surface area contributed by atoms with Crippen LogP contribution < -0.4 is 0 Å². The van der Waals surface area contributed by atoms with Gasteiger partial charge in [0.05, 0.1) is 5.60 Å². The molecule has 0 rings (SSSR count). The topological polar surface area (TPSA) is 37.3 Å². The van der Waals surface area contributed by atoms with Crippen molar-refractivity contribution in [2.45, 2.75) is 38.7 Å². The second-order valence-corrected chi connectivity index (χ2v) is 2.59. The van der Waals surface area contributed by atoms with Crippen molar-refractivity contribution in [1.29, 1.82) is 0 Å². The zero-order valence-electron chi connectivity index (χ0n) is 7.05. The van der Waals surface area contributed by atoms with Crippen molar-refractivity contribution in [2.24, 2.45) is 0 Å². The summed E-state index contributed by atoms with van der Waals surface area (Å²) < 4.78 is 0. The Balaban J connectivity index is 4.08. The number of rotatable bonds is 4. The molecule has 0 aromatic rings. The average Bonchev–Trinajstić information content (AvgIpc) is 2.05.